The van der Waals surface area contributed by atoms with Gasteiger partial charge in [-0.2, -0.15) is 23.4 Å². The second-order valence-electron chi connectivity index (χ2n) is 6.04. The third-order valence-electron chi connectivity index (χ3n) is 3.90. The summed E-state index contributed by atoms with van der Waals surface area (Å²) in [6, 6.07) is 5.06. The third kappa shape index (κ3) is 3.82. The van der Waals surface area contributed by atoms with Gasteiger partial charge in [0.25, 0.3) is 5.91 Å². The average Bonchev–Trinajstić information content (AvgIpc) is 3.04. The Hall–Kier alpha value is -2.96. The summed E-state index contributed by atoms with van der Waals surface area (Å²) in [4.78, 5) is 15.3. The van der Waals surface area contributed by atoms with Crippen molar-refractivity contribution in [2.75, 3.05) is 0 Å². The lowest BCUT2D eigenvalue weighted by atomic mass is 9.89. The Morgan fingerprint density at radius 3 is 2.46 bits per heavy atom. The van der Waals surface area contributed by atoms with Gasteiger partial charge >= 0.3 is 12.1 Å². The number of amides is 1. The molecule has 0 saturated carbocycles. The molecule has 1 N–H and O–H groups in total. The highest BCUT2D eigenvalue weighted by Gasteiger charge is 2.38. The Kier molecular flexibility index (Phi) is 5.02. The number of carbonyl (C=O) groups excluding carboxylic acids is 1. The van der Waals surface area contributed by atoms with Crippen molar-refractivity contribution in [2.45, 2.75) is 32.5 Å². The third-order valence-corrected chi connectivity index (χ3v) is 3.90. The van der Waals surface area contributed by atoms with E-state index in [2.05, 4.69) is 20.0 Å². The number of nitrogens with zero attached hydrogens (tertiary/aromatic N) is 3. The zero-order valence-corrected chi connectivity index (χ0v) is 14.0. The second-order valence-corrected chi connectivity index (χ2v) is 6.04. The first-order chi connectivity index (χ1) is 12.0. The summed E-state index contributed by atoms with van der Waals surface area (Å²) in [7, 11) is 0. The molecular formula is C16H14F4N4O2. The van der Waals surface area contributed by atoms with E-state index in [0.717, 1.165) is 12.1 Å². The first-order valence-corrected chi connectivity index (χ1v) is 7.42. The highest BCUT2D eigenvalue weighted by atomic mass is 19.4. The predicted octanol–water partition coefficient (Wildman–Crippen LogP) is 3.56. The molecule has 1 aromatic carbocycles. The minimum atomic E-state index is -4.85. The molecule has 1 aromatic heterocycles. The molecule has 2 aromatic rings. The van der Waals surface area contributed by atoms with E-state index in [1.807, 2.05) is 6.07 Å². The lowest BCUT2D eigenvalue weighted by Gasteiger charge is -2.27. The molecule has 1 atom stereocenters. The van der Waals surface area contributed by atoms with Crippen molar-refractivity contribution >= 4 is 5.91 Å². The molecular weight excluding hydrogens is 356 g/mol. The molecule has 0 spiro atoms. The van der Waals surface area contributed by atoms with Crippen LogP contribution in [0.15, 0.2) is 22.7 Å². The molecule has 0 aliphatic carbocycles. The Morgan fingerprint density at radius 2 is 2.00 bits per heavy atom. The number of aromatic nitrogens is 2. The molecule has 26 heavy (non-hydrogen) atoms. The Morgan fingerprint density at radius 1 is 1.35 bits per heavy atom. The maximum atomic E-state index is 14.2. The first-order valence-electron chi connectivity index (χ1n) is 7.42. The van der Waals surface area contributed by atoms with Crippen LogP contribution in [0.5, 0.6) is 0 Å². The van der Waals surface area contributed by atoms with Crippen molar-refractivity contribution < 1.29 is 26.9 Å². The fourth-order valence-electron chi connectivity index (χ4n) is 1.90. The molecule has 0 aliphatic heterocycles. The van der Waals surface area contributed by atoms with Crippen LogP contribution in [0.3, 0.4) is 0 Å². The monoisotopic (exact) mass is 370 g/mol. The molecule has 0 aliphatic rings. The fraction of sp³-hybridized carbons (Fsp3) is 0.375. The molecule has 2 rings (SSSR count). The van der Waals surface area contributed by atoms with Crippen LogP contribution in [0.4, 0.5) is 17.6 Å². The summed E-state index contributed by atoms with van der Waals surface area (Å²) in [6.07, 6.45) is -4.85. The highest BCUT2D eigenvalue weighted by Crippen LogP contribution is 2.30. The maximum Gasteiger partial charge on any atom is 0.471 e. The van der Waals surface area contributed by atoms with Gasteiger partial charge in [-0.1, -0.05) is 19.0 Å². The van der Waals surface area contributed by atoms with Crippen LogP contribution in [-0.2, 0) is 6.18 Å². The number of rotatable bonds is 4. The fourth-order valence-corrected chi connectivity index (χ4v) is 1.90. The summed E-state index contributed by atoms with van der Waals surface area (Å²) < 4.78 is 55.7. The number of halogens is 4. The van der Waals surface area contributed by atoms with Crippen LogP contribution in [0.2, 0.25) is 0 Å². The van der Waals surface area contributed by atoms with E-state index in [1.165, 1.54) is 13.0 Å². The Bertz CT molecular complexity index is 870. The van der Waals surface area contributed by atoms with Crippen molar-refractivity contribution in [2.24, 2.45) is 5.92 Å². The lowest BCUT2D eigenvalue weighted by Crippen LogP contribution is -2.48. The van der Waals surface area contributed by atoms with Gasteiger partial charge in [0.2, 0.25) is 5.82 Å². The van der Waals surface area contributed by atoms with Gasteiger partial charge in [0.1, 0.15) is 11.4 Å². The summed E-state index contributed by atoms with van der Waals surface area (Å²) in [5.74, 6) is -4.10. The van der Waals surface area contributed by atoms with Crippen LogP contribution in [0, 0.1) is 23.1 Å². The summed E-state index contributed by atoms with van der Waals surface area (Å²) in [5, 5.41) is 14.8. The number of hydrogen-bond donors (Lipinski definition) is 1. The zero-order chi connectivity index (χ0) is 19.7. The SMILES string of the molecule is CC(C)C(C)(C#N)NC(=O)c1ccc(-c2noc(C(F)(F)F)n2)c(F)c1. The van der Waals surface area contributed by atoms with E-state index in [4.69, 9.17) is 0 Å². The number of carbonyl (C=O) groups is 1. The predicted molar refractivity (Wildman–Crippen MR) is 81.0 cm³/mol. The number of hydrogen-bond acceptors (Lipinski definition) is 5. The quantitative estimate of drug-likeness (QED) is 0.831. The number of nitrogens with one attached hydrogen (secondary N) is 1. The number of nitriles is 1. The summed E-state index contributed by atoms with van der Waals surface area (Å²) >= 11 is 0. The van der Waals surface area contributed by atoms with Gasteiger partial charge in [0.15, 0.2) is 0 Å². The van der Waals surface area contributed by atoms with Crippen LogP contribution >= 0.6 is 0 Å². The molecule has 10 heteroatoms. The van der Waals surface area contributed by atoms with Crippen LogP contribution in [-0.4, -0.2) is 21.6 Å². The van der Waals surface area contributed by atoms with Crippen molar-refractivity contribution in [1.29, 1.82) is 5.26 Å². The van der Waals surface area contributed by atoms with Gasteiger partial charge < -0.3 is 9.84 Å². The molecule has 1 unspecified atom stereocenters. The van der Waals surface area contributed by atoms with E-state index in [1.54, 1.807) is 13.8 Å². The van der Waals surface area contributed by atoms with E-state index in [-0.39, 0.29) is 17.0 Å². The topological polar surface area (TPSA) is 91.8 Å². The molecule has 0 bridgehead atoms. The van der Waals surface area contributed by atoms with E-state index in [0.29, 0.717) is 0 Å². The maximum absolute atomic E-state index is 14.2. The molecule has 138 valence electrons. The van der Waals surface area contributed by atoms with Crippen LogP contribution in [0.1, 0.15) is 37.0 Å². The van der Waals surface area contributed by atoms with E-state index >= 15 is 0 Å². The molecule has 1 amide bonds. The van der Waals surface area contributed by atoms with Crippen LogP contribution < -0.4 is 5.32 Å². The normalized spacial score (nSPS) is 14.0. The van der Waals surface area contributed by atoms with Crippen LogP contribution in [0.25, 0.3) is 11.4 Å². The highest BCUT2D eigenvalue weighted by molar-refractivity contribution is 5.95. The lowest BCUT2D eigenvalue weighted by molar-refractivity contribution is -0.159. The van der Waals surface area contributed by atoms with E-state index < -0.39 is 35.2 Å². The molecule has 0 saturated heterocycles. The standard InChI is InChI=1S/C16H14F4N4O2/c1-8(2)15(3,7-21)23-13(25)9-4-5-10(11(17)6-9)12-22-14(26-24-12)16(18,19)20/h4-6,8H,1-3H3,(H,23,25). The van der Waals surface area contributed by atoms with Gasteiger partial charge in [0, 0.05) is 5.56 Å². The van der Waals surface area contributed by atoms with Gasteiger partial charge in [0.05, 0.1) is 11.6 Å². The molecule has 1 heterocycles. The van der Waals surface area contributed by atoms with Crippen molar-refractivity contribution in [3.63, 3.8) is 0 Å². The Balaban J connectivity index is 2.29. The summed E-state index contributed by atoms with van der Waals surface area (Å²) in [5.41, 5.74) is -1.62. The minimum Gasteiger partial charge on any atom is -0.334 e. The van der Waals surface area contributed by atoms with Crippen molar-refractivity contribution in [3.05, 3.63) is 35.5 Å². The summed E-state index contributed by atoms with van der Waals surface area (Å²) in [6.45, 7) is 5.00. The van der Waals surface area contributed by atoms with Gasteiger partial charge in [-0.25, -0.2) is 4.39 Å². The smallest absolute Gasteiger partial charge is 0.334 e. The van der Waals surface area contributed by atoms with Gasteiger partial charge in [-0.05, 0) is 31.0 Å². The second kappa shape index (κ2) is 6.74. The van der Waals surface area contributed by atoms with Crippen molar-refractivity contribution in [1.82, 2.24) is 15.5 Å². The number of benzene rings is 1. The Labute approximate surface area is 145 Å². The zero-order valence-electron chi connectivity index (χ0n) is 14.0. The minimum absolute atomic E-state index is 0.104. The first kappa shape index (κ1) is 19.4. The van der Waals surface area contributed by atoms with E-state index in [9.17, 15) is 27.6 Å². The largest absolute Gasteiger partial charge is 0.471 e. The molecule has 0 radical (unpaired) electrons. The van der Waals surface area contributed by atoms with Gasteiger partial charge in [-0.15, -0.1) is 0 Å². The molecule has 0 fully saturated rings. The molecule has 6 nitrogen and oxygen atoms in total. The average molecular weight is 370 g/mol. The number of alkyl halides is 3. The van der Waals surface area contributed by atoms with Gasteiger partial charge in [-0.3, -0.25) is 4.79 Å². The van der Waals surface area contributed by atoms with Crippen molar-refractivity contribution in [3.8, 4) is 17.5 Å².